The average Bonchev–Trinajstić information content (AvgIpc) is 2.31. The Hall–Kier alpha value is -1.26. The van der Waals surface area contributed by atoms with Gasteiger partial charge in [-0.2, -0.15) is 0 Å². The Morgan fingerprint density at radius 1 is 1.12 bits per heavy atom. The number of ether oxygens (including phenoxy) is 2. The largest absolute Gasteiger partial charge is 0.490 e. The molecular formula is C12H20N2O2. The van der Waals surface area contributed by atoms with Crippen LogP contribution in [-0.2, 0) is 0 Å². The molecule has 0 aliphatic rings. The fourth-order valence-corrected chi connectivity index (χ4v) is 1.43. The number of hydrogen-bond acceptors (Lipinski definition) is 4. The normalized spacial score (nSPS) is 12.2. The molecule has 0 saturated heterocycles. The number of benzene rings is 1. The Bertz CT molecular complexity index is 329. The van der Waals surface area contributed by atoms with Crippen LogP contribution in [0.2, 0.25) is 0 Å². The van der Waals surface area contributed by atoms with Crippen molar-refractivity contribution >= 4 is 0 Å². The Morgan fingerprint density at radius 2 is 1.75 bits per heavy atom. The summed E-state index contributed by atoms with van der Waals surface area (Å²) in [6, 6.07) is 5.53. The van der Waals surface area contributed by atoms with Crippen molar-refractivity contribution in [3.8, 4) is 11.5 Å². The second-order valence-electron chi connectivity index (χ2n) is 3.41. The van der Waals surface area contributed by atoms with Crippen molar-refractivity contribution in [1.29, 1.82) is 0 Å². The van der Waals surface area contributed by atoms with Gasteiger partial charge in [-0.15, -0.1) is 0 Å². The maximum atomic E-state index is 5.86. The van der Waals surface area contributed by atoms with Crippen LogP contribution in [0.1, 0.15) is 25.5 Å². The summed E-state index contributed by atoms with van der Waals surface area (Å²) in [5.74, 6) is 1.48. The summed E-state index contributed by atoms with van der Waals surface area (Å²) in [6.45, 7) is 5.50. The van der Waals surface area contributed by atoms with Gasteiger partial charge < -0.3 is 20.9 Å². The first kappa shape index (κ1) is 12.8. The van der Waals surface area contributed by atoms with E-state index in [9.17, 15) is 0 Å². The van der Waals surface area contributed by atoms with Crippen LogP contribution in [0.4, 0.5) is 0 Å². The van der Waals surface area contributed by atoms with E-state index in [1.54, 1.807) is 0 Å². The monoisotopic (exact) mass is 224 g/mol. The highest BCUT2D eigenvalue weighted by atomic mass is 16.5. The maximum absolute atomic E-state index is 5.86. The average molecular weight is 224 g/mol. The smallest absolute Gasteiger partial charge is 0.161 e. The molecular weight excluding hydrogens is 204 g/mol. The van der Waals surface area contributed by atoms with E-state index in [0.29, 0.717) is 19.8 Å². The standard InChI is InChI=1S/C12H20N2O2/c1-3-15-11-6-5-9(10(14)8-13)7-12(11)16-4-2/h5-7,10H,3-4,8,13-14H2,1-2H3. The van der Waals surface area contributed by atoms with Crippen LogP contribution in [0, 0.1) is 0 Å². The highest BCUT2D eigenvalue weighted by molar-refractivity contribution is 5.44. The van der Waals surface area contributed by atoms with Crippen LogP contribution in [0.15, 0.2) is 18.2 Å². The molecule has 0 aliphatic heterocycles. The zero-order valence-electron chi connectivity index (χ0n) is 9.90. The van der Waals surface area contributed by atoms with Gasteiger partial charge in [0.15, 0.2) is 11.5 Å². The lowest BCUT2D eigenvalue weighted by molar-refractivity contribution is 0.287. The predicted octanol–water partition coefficient (Wildman–Crippen LogP) is 1.44. The van der Waals surface area contributed by atoms with Crippen molar-refractivity contribution < 1.29 is 9.47 Å². The molecule has 0 saturated carbocycles. The molecule has 1 unspecified atom stereocenters. The van der Waals surface area contributed by atoms with Crippen molar-refractivity contribution in [2.24, 2.45) is 11.5 Å². The zero-order valence-corrected chi connectivity index (χ0v) is 9.90. The van der Waals surface area contributed by atoms with Crippen molar-refractivity contribution in [2.75, 3.05) is 19.8 Å². The molecule has 0 aliphatic carbocycles. The summed E-state index contributed by atoms with van der Waals surface area (Å²) in [7, 11) is 0. The summed E-state index contributed by atoms with van der Waals surface area (Å²) in [6.07, 6.45) is 0. The summed E-state index contributed by atoms with van der Waals surface area (Å²) in [4.78, 5) is 0. The van der Waals surface area contributed by atoms with Gasteiger partial charge in [0, 0.05) is 12.6 Å². The van der Waals surface area contributed by atoms with E-state index in [2.05, 4.69) is 0 Å². The van der Waals surface area contributed by atoms with Gasteiger partial charge >= 0.3 is 0 Å². The molecule has 0 fully saturated rings. The Kier molecular flexibility index (Phi) is 5.08. The van der Waals surface area contributed by atoms with Crippen LogP contribution in [0.5, 0.6) is 11.5 Å². The minimum absolute atomic E-state index is 0.158. The van der Waals surface area contributed by atoms with E-state index >= 15 is 0 Å². The molecule has 0 radical (unpaired) electrons. The zero-order chi connectivity index (χ0) is 12.0. The molecule has 0 spiro atoms. The molecule has 4 heteroatoms. The first-order valence-corrected chi connectivity index (χ1v) is 5.58. The van der Waals surface area contributed by atoms with E-state index in [4.69, 9.17) is 20.9 Å². The molecule has 1 aromatic rings. The molecule has 0 amide bonds. The first-order valence-electron chi connectivity index (χ1n) is 5.58. The van der Waals surface area contributed by atoms with Gasteiger partial charge in [0.2, 0.25) is 0 Å². The van der Waals surface area contributed by atoms with Gasteiger partial charge in [0.05, 0.1) is 13.2 Å². The molecule has 0 heterocycles. The number of hydrogen-bond donors (Lipinski definition) is 2. The number of rotatable bonds is 6. The van der Waals surface area contributed by atoms with Crippen LogP contribution in [0.3, 0.4) is 0 Å². The van der Waals surface area contributed by atoms with Crippen molar-refractivity contribution in [3.05, 3.63) is 23.8 Å². The second kappa shape index (κ2) is 6.35. The fraction of sp³-hybridized carbons (Fsp3) is 0.500. The quantitative estimate of drug-likeness (QED) is 0.767. The van der Waals surface area contributed by atoms with E-state index in [1.165, 1.54) is 0 Å². The molecule has 90 valence electrons. The van der Waals surface area contributed by atoms with Crippen molar-refractivity contribution in [2.45, 2.75) is 19.9 Å². The Balaban J connectivity index is 2.96. The van der Waals surface area contributed by atoms with Crippen LogP contribution >= 0.6 is 0 Å². The predicted molar refractivity (Wildman–Crippen MR) is 64.8 cm³/mol. The molecule has 16 heavy (non-hydrogen) atoms. The van der Waals surface area contributed by atoms with Crippen molar-refractivity contribution in [3.63, 3.8) is 0 Å². The van der Waals surface area contributed by atoms with E-state index in [1.807, 2.05) is 32.0 Å². The lowest BCUT2D eigenvalue weighted by atomic mass is 10.1. The SMILES string of the molecule is CCOc1ccc(C(N)CN)cc1OCC. The highest BCUT2D eigenvalue weighted by Crippen LogP contribution is 2.30. The van der Waals surface area contributed by atoms with Gasteiger partial charge in [0.25, 0.3) is 0 Å². The third kappa shape index (κ3) is 3.12. The highest BCUT2D eigenvalue weighted by Gasteiger charge is 2.09. The topological polar surface area (TPSA) is 70.5 Å². The minimum Gasteiger partial charge on any atom is -0.490 e. The van der Waals surface area contributed by atoms with Gasteiger partial charge in [-0.3, -0.25) is 0 Å². The first-order chi connectivity index (χ1) is 7.72. The molecule has 0 aromatic heterocycles. The fourth-order valence-electron chi connectivity index (χ4n) is 1.43. The molecule has 4 nitrogen and oxygen atoms in total. The molecule has 0 bridgehead atoms. The summed E-state index contributed by atoms with van der Waals surface area (Å²) in [5.41, 5.74) is 12.4. The minimum atomic E-state index is -0.158. The van der Waals surface area contributed by atoms with Crippen LogP contribution in [-0.4, -0.2) is 19.8 Å². The molecule has 1 atom stereocenters. The van der Waals surface area contributed by atoms with Gasteiger partial charge in [-0.25, -0.2) is 0 Å². The van der Waals surface area contributed by atoms with Crippen LogP contribution < -0.4 is 20.9 Å². The lowest BCUT2D eigenvalue weighted by Crippen LogP contribution is -2.20. The molecule has 1 rings (SSSR count). The summed E-state index contributed by atoms with van der Waals surface area (Å²) in [5, 5.41) is 0. The van der Waals surface area contributed by atoms with Gasteiger partial charge in [0.1, 0.15) is 0 Å². The number of nitrogens with two attached hydrogens (primary N) is 2. The van der Waals surface area contributed by atoms with Gasteiger partial charge in [-0.05, 0) is 31.5 Å². The molecule has 4 N–H and O–H groups in total. The van der Waals surface area contributed by atoms with Gasteiger partial charge in [-0.1, -0.05) is 6.07 Å². The molecule has 1 aromatic carbocycles. The van der Waals surface area contributed by atoms with Crippen LogP contribution in [0.25, 0.3) is 0 Å². The Morgan fingerprint density at radius 3 is 2.31 bits per heavy atom. The third-order valence-corrected chi connectivity index (χ3v) is 2.25. The van der Waals surface area contributed by atoms with E-state index in [0.717, 1.165) is 17.1 Å². The lowest BCUT2D eigenvalue weighted by Gasteiger charge is -2.15. The third-order valence-electron chi connectivity index (χ3n) is 2.25. The van der Waals surface area contributed by atoms with E-state index in [-0.39, 0.29) is 6.04 Å². The second-order valence-corrected chi connectivity index (χ2v) is 3.41. The van der Waals surface area contributed by atoms with Crippen molar-refractivity contribution in [1.82, 2.24) is 0 Å². The summed E-state index contributed by atoms with van der Waals surface area (Å²) >= 11 is 0. The maximum Gasteiger partial charge on any atom is 0.161 e. The Labute approximate surface area is 96.5 Å². The van der Waals surface area contributed by atoms with E-state index < -0.39 is 0 Å². The summed E-state index contributed by atoms with van der Waals surface area (Å²) < 4.78 is 11.0.